The standard InChI is InChI=1S/C11H19N3/c1-8-7-9(5-6-13-8)10(14-12)11(2,3)4/h5-7,10,14H,12H2,1-4H3. The van der Waals surface area contributed by atoms with Gasteiger partial charge in [-0.2, -0.15) is 0 Å². The number of nitrogens with zero attached hydrogens (tertiary/aromatic N) is 1. The Morgan fingerprint density at radius 2 is 2.07 bits per heavy atom. The van der Waals surface area contributed by atoms with E-state index < -0.39 is 0 Å². The minimum Gasteiger partial charge on any atom is -0.271 e. The quantitative estimate of drug-likeness (QED) is 0.557. The number of hydrogen-bond donors (Lipinski definition) is 2. The normalized spacial score (nSPS) is 14.1. The fraction of sp³-hybridized carbons (Fsp3) is 0.545. The van der Waals surface area contributed by atoms with Crippen molar-refractivity contribution in [1.29, 1.82) is 0 Å². The molecule has 1 rings (SSSR count). The first kappa shape index (κ1) is 11.1. The van der Waals surface area contributed by atoms with Crippen LogP contribution in [-0.4, -0.2) is 4.98 Å². The first-order valence-corrected chi connectivity index (χ1v) is 4.84. The van der Waals surface area contributed by atoms with Crippen molar-refractivity contribution in [3.05, 3.63) is 29.6 Å². The average molecular weight is 193 g/mol. The second-order valence-electron chi connectivity index (χ2n) is 4.70. The van der Waals surface area contributed by atoms with E-state index in [9.17, 15) is 0 Å². The van der Waals surface area contributed by atoms with Crippen LogP contribution in [-0.2, 0) is 0 Å². The van der Waals surface area contributed by atoms with Gasteiger partial charge >= 0.3 is 0 Å². The number of aromatic nitrogens is 1. The predicted octanol–water partition coefficient (Wildman–Crippen LogP) is 1.94. The molecule has 0 aliphatic rings. The molecule has 3 nitrogen and oxygen atoms in total. The molecule has 1 unspecified atom stereocenters. The number of hydrogen-bond acceptors (Lipinski definition) is 3. The zero-order chi connectivity index (χ0) is 10.8. The molecule has 0 aliphatic heterocycles. The fourth-order valence-electron chi connectivity index (χ4n) is 1.59. The molecule has 78 valence electrons. The van der Waals surface area contributed by atoms with E-state index in [2.05, 4.69) is 37.2 Å². The first-order valence-electron chi connectivity index (χ1n) is 4.84. The number of pyridine rings is 1. The van der Waals surface area contributed by atoms with Crippen LogP contribution in [0.25, 0.3) is 0 Å². The molecule has 0 amide bonds. The van der Waals surface area contributed by atoms with Crippen molar-refractivity contribution in [3.63, 3.8) is 0 Å². The summed E-state index contributed by atoms with van der Waals surface area (Å²) in [7, 11) is 0. The number of nitrogens with two attached hydrogens (primary N) is 1. The van der Waals surface area contributed by atoms with Crippen molar-refractivity contribution in [2.45, 2.75) is 33.7 Å². The van der Waals surface area contributed by atoms with E-state index in [1.54, 1.807) is 0 Å². The van der Waals surface area contributed by atoms with Crippen molar-refractivity contribution >= 4 is 0 Å². The molecular weight excluding hydrogens is 174 g/mol. The van der Waals surface area contributed by atoms with Gasteiger partial charge in [0.1, 0.15) is 0 Å². The van der Waals surface area contributed by atoms with E-state index in [-0.39, 0.29) is 11.5 Å². The summed E-state index contributed by atoms with van der Waals surface area (Å²) in [4.78, 5) is 4.17. The van der Waals surface area contributed by atoms with Gasteiger partial charge in [-0.3, -0.25) is 16.3 Å². The van der Waals surface area contributed by atoms with E-state index in [1.807, 2.05) is 19.2 Å². The van der Waals surface area contributed by atoms with Gasteiger partial charge in [0.15, 0.2) is 0 Å². The lowest BCUT2D eigenvalue weighted by Gasteiger charge is -2.30. The smallest absolute Gasteiger partial charge is 0.0509 e. The maximum Gasteiger partial charge on any atom is 0.0509 e. The first-order chi connectivity index (χ1) is 6.45. The number of hydrazine groups is 1. The molecule has 1 aromatic heterocycles. The molecule has 3 N–H and O–H groups in total. The van der Waals surface area contributed by atoms with Crippen LogP contribution < -0.4 is 11.3 Å². The van der Waals surface area contributed by atoms with Gasteiger partial charge in [0.2, 0.25) is 0 Å². The summed E-state index contributed by atoms with van der Waals surface area (Å²) in [5, 5.41) is 0. The van der Waals surface area contributed by atoms with E-state index in [0.717, 1.165) is 5.69 Å². The summed E-state index contributed by atoms with van der Waals surface area (Å²) in [6.45, 7) is 8.47. The minimum atomic E-state index is 0.0997. The van der Waals surface area contributed by atoms with Gasteiger partial charge < -0.3 is 0 Å². The van der Waals surface area contributed by atoms with Crippen LogP contribution in [0.2, 0.25) is 0 Å². The fourth-order valence-corrected chi connectivity index (χ4v) is 1.59. The molecule has 0 spiro atoms. The largest absolute Gasteiger partial charge is 0.271 e. The molecule has 1 heterocycles. The van der Waals surface area contributed by atoms with Gasteiger partial charge in [-0.15, -0.1) is 0 Å². The molecule has 0 bridgehead atoms. The summed E-state index contributed by atoms with van der Waals surface area (Å²) < 4.78 is 0. The van der Waals surface area contributed by atoms with Crippen LogP contribution in [0.15, 0.2) is 18.3 Å². The van der Waals surface area contributed by atoms with Gasteiger partial charge in [-0.25, -0.2) is 0 Å². The summed E-state index contributed by atoms with van der Waals surface area (Å²) in [5.74, 6) is 5.57. The number of aryl methyl sites for hydroxylation is 1. The lowest BCUT2D eigenvalue weighted by atomic mass is 9.83. The molecule has 0 fully saturated rings. The van der Waals surface area contributed by atoms with Gasteiger partial charge in [-0.1, -0.05) is 20.8 Å². The Kier molecular flexibility index (Phi) is 3.24. The Morgan fingerprint density at radius 1 is 1.43 bits per heavy atom. The van der Waals surface area contributed by atoms with E-state index >= 15 is 0 Å². The molecule has 0 saturated heterocycles. The highest BCUT2D eigenvalue weighted by atomic mass is 15.2. The topological polar surface area (TPSA) is 50.9 Å². The highest BCUT2D eigenvalue weighted by Gasteiger charge is 2.24. The second kappa shape index (κ2) is 4.07. The van der Waals surface area contributed by atoms with Crippen LogP contribution >= 0.6 is 0 Å². The van der Waals surface area contributed by atoms with Gasteiger partial charge in [0.25, 0.3) is 0 Å². The minimum absolute atomic E-state index is 0.0997. The SMILES string of the molecule is Cc1cc(C(NN)C(C)(C)C)ccn1. The van der Waals surface area contributed by atoms with Crippen molar-refractivity contribution in [2.75, 3.05) is 0 Å². The Balaban J connectivity index is 3.01. The predicted molar refractivity (Wildman–Crippen MR) is 58.5 cm³/mol. The average Bonchev–Trinajstić information content (AvgIpc) is 2.02. The molecule has 0 radical (unpaired) electrons. The number of nitrogens with one attached hydrogen (secondary N) is 1. The van der Waals surface area contributed by atoms with Crippen molar-refractivity contribution in [3.8, 4) is 0 Å². The third-order valence-corrected chi connectivity index (χ3v) is 2.29. The molecule has 0 aliphatic carbocycles. The van der Waals surface area contributed by atoms with E-state index in [4.69, 9.17) is 5.84 Å². The molecule has 14 heavy (non-hydrogen) atoms. The van der Waals surface area contributed by atoms with Gasteiger partial charge in [0.05, 0.1) is 6.04 Å². The van der Waals surface area contributed by atoms with Crippen molar-refractivity contribution in [2.24, 2.45) is 11.3 Å². The molecule has 1 aromatic rings. The van der Waals surface area contributed by atoms with Crippen molar-refractivity contribution in [1.82, 2.24) is 10.4 Å². The molecular formula is C11H19N3. The Bertz CT molecular complexity index is 302. The Labute approximate surface area is 85.7 Å². The highest BCUT2D eigenvalue weighted by Crippen LogP contribution is 2.31. The lowest BCUT2D eigenvalue weighted by Crippen LogP contribution is -2.36. The van der Waals surface area contributed by atoms with Crippen LogP contribution in [0, 0.1) is 12.3 Å². The summed E-state index contributed by atoms with van der Waals surface area (Å²) in [6, 6.07) is 4.22. The lowest BCUT2D eigenvalue weighted by molar-refractivity contribution is 0.275. The third-order valence-electron chi connectivity index (χ3n) is 2.29. The zero-order valence-electron chi connectivity index (χ0n) is 9.33. The second-order valence-corrected chi connectivity index (χ2v) is 4.70. The maximum atomic E-state index is 5.57. The van der Waals surface area contributed by atoms with Crippen LogP contribution in [0.4, 0.5) is 0 Å². The third kappa shape index (κ3) is 2.53. The summed E-state index contributed by atoms with van der Waals surface area (Å²) >= 11 is 0. The van der Waals surface area contributed by atoms with Crippen molar-refractivity contribution < 1.29 is 0 Å². The number of rotatable bonds is 2. The zero-order valence-corrected chi connectivity index (χ0v) is 9.33. The van der Waals surface area contributed by atoms with Crippen LogP contribution in [0.5, 0.6) is 0 Å². The van der Waals surface area contributed by atoms with E-state index in [0.29, 0.717) is 0 Å². The Hall–Kier alpha value is -0.930. The molecule has 3 heteroatoms. The molecule has 1 atom stereocenters. The molecule has 0 aromatic carbocycles. The van der Waals surface area contributed by atoms with E-state index in [1.165, 1.54) is 5.56 Å². The van der Waals surface area contributed by atoms with Gasteiger partial charge in [-0.05, 0) is 30.0 Å². The maximum absolute atomic E-state index is 5.57. The van der Waals surface area contributed by atoms with Gasteiger partial charge in [0, 0.05) is 11.9 Å². The van der Waals surface area contributed by atoms with Crippen LogP contribution in [0.3, 0.4) is 0 Å². The summed E-state index contributed by atoms with van der Waals surface area (Å²) in [6.07, 6.45) is 1.82. The van der Waals surface area contributed by atoms with Crippen LogP contribution in [0.1, 0.15) is 38.1 Å². The highest BCUT2D eigenvalue weighted by molar-refractivity contribution is 5.21. The summed E-state index contributed by atoms with van der Waals surface area (Å²) in [5.41, 5.74) is 5.17. The Morgan fingerprint density at radius 3 is 2.50 bits per heavy atom. The monoisotopic (exact) mass is 193 g/mol. The molecule has 0 saturated carbocycles.